The van der Waals surface area contributed by atoms with E-state index in [9.17, 15) is 13.2 Å². The van der Waals surface area contributed by atoms with Crippen molar-refractivity contribution in [2.24, 2.45) is 0 Å². The first kappa shape index (κ1) is 27.5. The Labute approximate surface area is 237 Å². The fourth-order valence-corrected chi connectivity index (χ4v) is 6.40. The maximum atomic E-state index is 13.6. The summed E-state index contributed by atoms with van der Waals surface area (Å²) in [6.07, 6.45) is -1.86. The van der Waals surface area contributed by atoms with Crippen LogP contribution in [0, 0.1) is 20.8 Å². The lowest BCUT2D eigenvalue weighted by Crippen LogP contribution is -2.45. The SMILES string of the molecule is CO[C@@H]1CCN(c2nc(-c3c(C)ccc4[nH]nc(C)c34)nc3c2CN(c2cc(C(F)(F)F)ccc2C)CC3)[C@H](C)C1. The Morgan fingerprint density at radius 1 is 1.02 bits per heavy atom. The highest BCUT2D eigenvalue weighted by atomic mass is 19.4. The Balaban J connectivity index is 1.49. The van der Waals surface area contributed by atoms with E-state index in [2.05, 4.69) is 35.0 Å². The van der Waals surface area contributed by atoms with E-state index in [1.807, 2.05) is 24.8 Å². The molecule has 6 rings (SSSR count). The number of benzene rings is 2. The Morgan fingerprint density at radius 3 is 2.54 bits per heavy atom. The monoisotopic (exact) mass is 564 g/mol. The summed E-state index contributed by atoms with van der Waals surface area (Å²) in [5.74, 6) is 1.52. The van der Waals surface area contributed by atoms with Gasteiger partial charge in [-0.15, -0.1) is 0 Å². The van der Waals surface area contributed by atoms with E-state index < -0.39 is 11.7 Å². The summed E-state index contributed by atoms with van der Waals surface area (Å²) < 4.78 is 46.5. The Hall–Kier alpha value is -3.66. The Bertz CT molecular complexity index is 1610. The molecular formula is C31H35F3N6O. The number of rotatable bonds is 4. The largest absolute Gasteiger partial charge is 0.416 e. The van der Waals surface area contributed by atoms with Gasteiger partial charge in [-0.2, -0.15) is 18.3 Å². The second-order valence-electron chi connectivity index (χ2n) is 11.4. The average Bonchev–Trinajstić information content (AvgIpc) is 3.32. The van der Waals surface area contributed by atoms with Gasteiger partial charge in [-0.1, -0.05) is 12.1 Å². The lowest BCUT2D eigenvalue weighted by molar-refractivity contribution is -0.137. The number of fused-ring (bicyclic) bond motifs is 2. The molecular weight excluding hydrogens is 529 g/mol. The van der Waals surface area contributed by atoms with Gasteiger partial charge in [-0.3, -0.25) is 5.10 Å². The number of nitrogens with one attached hydrogen (secondary N) is 1. The Kier molecular flexibility index (Phi) is 6.92. The van der Waals surface area contributed by atoms with Crippen molar-refractivity contribution < 1.29 is 17.9 Å². The predicted molar refractivity (Wildman–Crippen MR) is 154 cm³/mol. The maximum absolute atomic E-state index is 13.6. The molecule has 1 fully saturated rings. The van der Waals surface area contributed by atoms with Crippen LogP contribution >= 0.6 is 0 Å². The van der Waals surface area contributed by atoms with Crippen LogP contribution in [0.1, 0.15) is 53.4 Å². The zero-order chi connectivity index (χ0) is 29.1. The number of H-pyrrole nitrogens is 1. The number of anilines is 2. The number of nitrogens with zero attached hydrogens (tertiary/aromatic N) is 5. The van der Waals surface area contributed by atoms with Crippen molar-refractivity contribution in [2.75, 3.05) is 30.0 Å². The molecule has 0 spiro atoms. The van der Waals surface area contributed by atoms with Crippen LogP contribution in [-0.4, -0.2) is 52.5 Å². The molecule has 2 aliphatic rings. The van der Waals surface area contributed by atoms with Crippen LogP contribution in [0.25, 0.3) is 22.3 Å². The number of methoxy groups -OCH3 is 1. The minimum absolute atomic E-state index is 0.179. The number of alkyl halides is 3. The van der Waals surface area contributed by atoms with Gasteiger partial charge in [0.2, 0.25) is 0 Å². The van der Waals surface area contributed by atoms with Crippen molar-refractivity contribution in [2.45, 2.75) is 71.8 Å². The number of hydrogen-bond acceptors (Lipinski definition) is 6. The number of halogens is 3. The molecule has 216 valence electrons. The lowest BCUT2D eigenvalue weighted by atomic mass is 9.97. The zero-order valence-electron chi connectivity index (χ0n) is 24.1. The topological polar surface area (TPSA) is 70.2 Å². The number of piperidine rings is 1. The normalized spacial score (nSPS) is 19.6. The van der Waals surface area contributed by atoms with E-state index in [1.54, 1.807) is 13.2 Å². The molecule has 10 heteroatoms. The molecule has 2 aromatic carbocycles. The van der Waals surface area contributed by atoms with Crippen LogP contribution in [0.2, 0.25) is 0 Å². The average molecular weight is 565 g/mol. The van der Waals surface area contributed by atoms with Gasteiger partial charge in [0.1, 0.15) is 5.82 Å². The van der Waals surface area contributed by atoms with Crippen molar-refractivity contribution in [3.8, 4) is 11.4 Å². The van der Waals surface area contributed by atoms with Gasteiger partial charge < -0.3 is 14.5 Å². The first-order valence-corrected chi connectivity index (χ1v) is 14.1. The highest BCUT2D eigenvalue weighted by Crippen LogP contribution is 2.39. The smallest absolute Gasteiger partial charge is 0.381 e. The fourth-order valence-electron chi connectivity index (χ4n) is 6.40. The highest BCUT2D eigenvalue weighted by molar-refractivity contribution is 5.96. The summed E-state index contributed by atoms with van der Waals surface area (Å²) >= 11 is 0. The van der Waals surface area contributed by atoms with Gasteiger partial charge in [-0.25, -0.2) is 9.97 Å². The van der Waals surface area contributed by atoms with E-state index in [4.69, 9.17) is 14.7 Å². The van der Waals surface area contributed by atoms with Crippen LogP contribution in [0.3, 0.4) is 0 Å². The van der Waals surface area contributed by atoms with Crippen LogP contribution in [0.4, 0.5) is 24.7 Å². The van der Waals surface area contributed by atoms with Crippen LogP contribution < -0.4 is 9.80 Å². The molecule has 4 aromatic rings. The van der Waals surface area contributed by atoms with Crippen molar-refractivity contribution in [3.63, 3.8) is 0 Å². The van der Waals surface area contributed by atoms with E-state index in [0.717, 1.165) is 75.8 Å². The van der Waals surface area contributed by atoms with Crippen molar-refractivity contribution in [1.29, 1.82) is 0 Å². The van der Waals surface area contributed by atoms with Gasteiger partial charge in [-0.05, 0) is 69.9 Å². The number of aromatic nitrogens is 4. The van der Waals surface area contributed by atoms with Crippen LogP contribution in [0.5, 0.6) is 0 Å². The van der Waals surface area contributed by atoms with Crippen molar-refractivity contribution in [3.05, 3.63) is 64.0 Å². The summed E-state index contributed by atoms with van der Waals surface area (Å²) in [6, 6.07) is 8.25. The lowest BCUT2D eigenvalue weighted by Gasteiger charge is -2.41. The molecule has 1 N–H and O–H groups in total. The third-order valence-corrected chi connectivity index (χ3v) is 8.69. The van der Waals surface area contributed by atoms with Crippen LogP contribution in [-0.2, 0) is 23.9 Å². The first-order chi connectivity index (χ1) is 19.5. The van der Waals surface area contributed by atoms with Gasteiger partial charge in [0.05, 0.1) is 28.6 Å². The highest BCUT2D eigenvalue weighted by Gasteiger charge is 2.34. The third kappa shape index (κ3) is 4.92. The number of aryl methyl sites for hydroxylation is 3. The molecule has 0 radical (unpaired) electrons. The van der Waals surface area contributed by atoms with E-state index in [1.165, 1.54) is 6.07 Å². The van der Waals surface area contributed by atoms with E-state index in [0.29, 0.717) is 31.0 Å². The molecule has 0 unspecified atom stereocenters. The molecule has 2 aliphatic heterocycles. The van der Waals surface area contributed by atoms with Gasteiger partial charge in [0.25, 0.3) is 0 Å². The van der Waals surface area contributed by atoms with E-state index in [-0.39, 0.29) is 12.1 Å². The summed E-state index contributed by atoms with van der Waals surface area (Å²) in [5.41, 5.74) is 6.56. The zero-order valence-corrected chi connectivity index (χ0v) is 24.1. The maximum Gasteiger partial charge on any atom is 0.416 e. The van der Waals surface area contributed by atoms with Crippen molar-refractivity contribution >= 4 is 22.4 Å². The number of ether oxygens (including phenoxy) is 1. The second-order valence-corrected chi connectivity index (χ2v) is 11.4. The summed E-state index contributed by atoms with van der Waals surface area (Å²) in [6.45, 7) is 9.88. The quantitative estimate of drug-likeness (QED) is 0.304. The minimum Gasteiger partial charge on any atom is -0.381 e. The summed E-state index contributed by atoms with van der Waals surface area (Å²) in [7, 11) is 1.75. The fraction of sp³-hybridized carbons (Fsp3) is 0.452. The van der Waals surface area contributed by atoms with Crippen LogP contribution in [0.15, 0.2) is 30.3 Å². The molecule has 0 saturated carbocycles. The molecule has 4 heterocycles. The van der Waals surface area contributed by atoms with Gasteiger partial charge >= 0.3 is 6.18 Å². The van der Waals surface area contributed by atoms with E-state index >= 15 is 0 Å². The first-order valence-electron chi connectivity index (χ1n) is 14.1. The molecule has 2 atom stereocenters. The second kappa shape index (κ2) is 10.3. The molecule has 0 aliphatic carbocycles. The Morgan fingerprint density at radius 2 is 1.80 bits per heavy atom. The molecule has 41 heavy (non-hydrogen) atoms. The van der Waals surface area contributed by atoms with Gasteiger partial charge in [0, 0.05) is 61.4 Å². The number of aromatic amines is 1. The molecule has 2 aromatic heterocycles. The van der Waals surface area contributed by atoms with Crippen molar-refractivity contribution in [1.82, 2.24) is 20.2 Å². The summed E-state index contributed by atoms with van der Waals surface area (Å²) in [4.78, 5) is 14.7. The molecule has 0 bridgehead atoms. The predicted octanol–water partition coefficient (Wildman–Crippen LogP) is 6.53. The standard InChI is InChI=1S/C31H35F3N6O/c1-17-6-8-21(31(32,33)34)15-26(17)39-12-11-24-23(16-39)30(40-13-10-22(41-5)14-19(40)3)36-29(35-24)27-18(2)7-9-25-28(27)20(4)37-38-25/h6-9,15,19,22H,10-14,16H2,1-5H3,(H,37,38)/t19-,22-/m1/s1. The third-order valence-electron chi connectivity index (χ3n) is 8.69. The molecule has 7 nitrogen and oxygen atoms in total. The summed E-state index contributed by atoms with van der Waals surface area (Å²) in [5, 5.41) is 8.56. The number of hydrogen-bond donors (Lipinski definition) is 1. The molecule has 0 amide bonds. The molecule has 1 saturated heterocycles. The van der Waals surface area contributed by atoms with Gasteiger partial charge in [0.15, 0.2) is 5.82 Å². The minimum atomic E-state index is -4.40.